The van der Waals surface area contributed by atoms with E-state index in [0.29, 0.717) is 23.6 Å². The van der Waals surface area contributed by atoms with Crippen LogP contribution < -0.4 is 20.1 Å². The smallest absolute Gasteiger partial charge is 0.251 e. The van der Waals surface area contributed by atoms with Gasteiger partial charge in [0.2, 0.25) is 5.91 Å². The lowest BCUT2D eigenvalue weighted by molar-refractivity contribution is -0.121. The van der Waals surface area contributed by atoms with Crippen LogP contribution in [0.1, 0.15) is 27.9 Å². The molecule has 0 bridgehead atoms. The molecule has 2 N–H and O–H groups in total. The van der Waals surface area contributed by atoms with Crippen molar-refractivity contribution in [1.82, 2.24) is 10.6 Å². The van der Waals surface area contributed by atoms with Crippen molar-refractivity contribution in [2.75, 3.05) is 20.8 Å². The molecule has 0 aliphatic heterocycles. The van der Waals surface area contributed by atoms with Crippen molar-refractivity contribution in [2.45, 2.75) is 19.9 Å². The molecule has 0 aliphatic carbocycles. The molecule has 2 amide bonds. The van der Waals surface area contributed by atoms with Gasteiger partial charge < -0.3 is 20.1 Å². The topological polar surface area (TPSA) is 76.7 Å². The first-order chi connectivity index (χ1) is 12.5. The number of hydrogen-bond acceptors (Lipinski definition) is 4. The summed E-state index contributed by atoms with van der Waals surface area (Å²) in [4.78, 5) is 24.1. The van der Waals surface area contributed by atoms with Gasteiger partial charge in [-0.25, -0.2) is 0 Å². The number of ether oxygens (including phenoxy) is 2. The molecule has 0 aromatic heterocycles. The Morgan fingerprint density at radius 1 is 0.923 bits per heavy atom. The number of nitrogens with one attached hydrogen (secondary N) is 2. The standard InChI is InChI=1S/C20H24N2O4/c1-14-4-6-15(7-5-14)13-22-19(23)10-11-21-20(24)16-8-9-17(25-2)18(12-16)26-3/h4-9,12H,10-11,13H2,1-3H3,(H,21,24)(H,22,23). The zero-order valence-electron chi connectivity index (χ0n) is 15.3. The lowest BCUT2D eigenvalue weighted by atomic mass is 10.1. The van der Waals surface area contributed by atoms with Crippen LogP contribution in [0.2, 0.25) is 0 Å². The largest absolute Gasteiger partial charge is 0.493 e. The van der Waals surface area contributed by atoms with E-state index in [-0.39, 0.29) is 24.8 Å². The molecule has 2 aromatic rings. The van der Waals surface area contributed by atoms with E-state index in [1.807, 2.05) is 31.2 Å². The zero-order valence-corrected chi connectivity index (χ0v) is 15.3. The van der Waals surface area contributed by atoms with E-state index in [9.17, 15) is 9.59 Å². The monoisotopic (exact) mass is 356 g/mol. The molecule has 0 saturated heterocycles. The Hall–Kier alpha value is -3.02. The summed E-state index contributed by atoms with van der Waals surface area (Å²) in [5.74, 6) is 0.658. The lowest BCUT2D eigenvalue weighted by Gasteiger charge is -2.10. The molecule has 6 nitrogen and oxygen atoms in total. The first-order valence-electron chi connectivity index (χ1n) is 8.36. The number of benzene rings is 2. The van der Waals surface area contributed by atoms with Crippen LogP contribution in [0.15, 0.2) is 42.5 Å². The fraction of sp³-hybridized carbons (Fsp3) is 0.300. The van der Waals surface area contributed by atoms with Crippen molar-refractivity contribution in [3.63, 3.8) is 0 Å². The minimum Gasteiger partial charge on any atom is -0.493 e. The average molecular weight is 356 g/mol. The molecule has 0 unspecified atom stereocenters. The van der Waals surface area contributed by atoms with Crippen LogP contribution >= 0.6 is 0 Å². The molecular formula is C20H24N2O4. The second kappa shape index (κ2) is 9.46. The molecule has 6 heteroatoms. The third-order valence-corrected chi connectivity index (χ3v) is 3.89. The van der Waals surface area contributed by atoms with Gasteiger partial charge in [-0.1, -0.05) is 29.8 Å². The first kappa shape index (κ1) is 19.3. The quantitative estimate of drug-likeness (QED) is 0.762. The van der Waals surface area contributed by atoms with Gasteiger partial charge in [-0.3, -0.25) is 9.59 Å². The average Bonchev–Trinajstić information content (AvgIpc) is 2.66. The number of aryl methyl sites for hydroxylation is 1. The Morgan fingerprint density at radius 3 is 2.27 bits per heavy atom. The summed E-state index contributed by atoms with van der Waals surface area (Å²) < 4.78 is 10.3. The van der Waals surface area contributed by atoms with Crippen LogP contribution in [0.4, 0.5) is 0 Å². The van der Waals surface area contributed by atoms with Crippen LogP contribution in [0.3, 0.4) is 0 Å². The van der Waals surface area contributed by atoms with Crippen LogP contribution in [0.5, 0.6) is 11.5 Å². The number of methoxy groups -OCH3 is 2. The highest BCUT2D eigenvalue weighted by molar-refractivity contribution is 5.95. The highest BCUT2D eigenvalue weighted by Gasteiger charge is 2.11. The van der Waals surface area contributed by atoms with E-state index in [0.717, 1.165) is 5.56 Å². The molecule has 0 fully saturated rings. The van der Waals surface area contributed by atoms with Gasteiger partial charge in [-0.15, -0.1) is 0 Å². The number of rotatable bonds is 8. The Labute approximate surface area is 153 Å². The van der Waals surface area contributed by atoms with E-state index in [4.69, 9.17) is 9.47 Å². The number of amides is 2. The number of carbonyl (C=O) groups is 2. The third-order valence-electron chi connectivity index (χ3n) is 3.89. The van der Waals surface area contributed by atoms with Crippen molar-refractivity contribution < 1.29 is 19.1 Å². The minimum atomic E-state index is -0.266. The van der Waals surface area contributed by atoms with Gasteiger partial charge in [0.1, 0.15) is 0 Å². The molecule has 0 aliphatic rings. The van der Waals surface area contributed by atoms with Crippen molar-refractivity contribution in [3.05, 3.63) is 59.2 Å². The lowest BCUT2D eigenvalue weighted by Crippen LogP contribution is -2.30. The van der Waals surface area contributed by atoms with Crippen molar-refractivity contribution in [3.8, 4) is 11.5 Å². The van der Waals surface area contributed by atoms with E-state index in [2.05, 4.69) is 10.6 Å². The molecule has 2 aromatic carbocycles. The number of carbonyl (C=O) groups excluding carboxylic acids is 2. The minimum absolute atomic E-state index is 0.113. The van der Waals surface area contributed by atoms with Crippen LogP contribution in [-0.4, -0.2) is 32.6 Å². The van der Waals surface area contributed by atoms with E-state index < -0.39 is 0 Å². The maximum absolute atomic E-state index is 12.2. The van der Waals surface area contributed by atoms with Gasteiger partial charge in [0.15, 0.2) is 11.5 Å². The molecule has 0 heterocycles. The SMILES string of the molecule is COc1ccc(C(=O)NCCC(=O)NCc2ccc(C)cc2)cc1OC. The highest BCUT2D eigenvalue weighted by Crippen LogP contribution is 2.27. The molecule has 26 heavy (non-hydrogen) atoms. The third kappa shape index (κ3) is 5.51. The van der Waals surface area contributed by atoms with Gasteiger partial charge in [0.05, 0.1) is 14.2 Å². The van der Waals surface area contributed by atoms with Gasteiger partial charge in [-0.05, 0) is 30.7 Å². The van der Waals surface area contributed by atoms with Crippen molar-refractivity contribution in [1.29, 1.82) is 0 Å². The predicted molar refractivity (Wildman–Crippen MR) is 99.5 cm³/mol. The van der Waals surface area contributed by atoms with Crippen LogP contribution in [0.25, 0.3) is 0 Å². The fourth-order valence-corrected chi connectivity index (χ4v) is 2.36. The molecule has 0 saturated carbocycles. The molecule has 138 valence electrons. The first-order valence-corrected chi connectivity index (χ1v) is 8.36. The normalized spacial score (nSPS) is 10.1. The number of hydrogen-bond donors (Lipinski definition) is 2. The molecule has 2 rings (SSSR count). The van der Waals surface area contributed by atoms with Crippen LogP contribution in [-0.2, 0) is 11.3 Å². The van der Waals surface area contributed by atoms with E-state index >= 15 is 0 Å². The molecule has 0 spiro atoms. The summed E-state index contributed by atoms with van der Waals surface area (Å²) in [7, 11) is 3.05. The predicted octanol–water partition coefficient (Wildman–Crippen LogP) is 2.45. The summed E-state index contributed by atoms with van der Waals surface area (Å²) in [5.41, 5.74) is 2.67. The highest BCUT2D eigenvalue weighted by atomic mass is 16.5. The summed E-state index contributed by atoms with van der Waals surface area (Å²) >= 11 is 0. The van der Waals surface area contributed by atoms with E-state index in [1.54, 1.807) is 18.2 Å². The Kier molecular flexibility index (Phi) is 7.02. The maximum atomic E-state index is 12.2. The van der Waals surface area contributed by atoms with E-state index in [1.165, 1.54) is 19.8 Å². The Morgan fingerprint density at radius 2 is 1.62 bits per heavy atom. The Bertz CT molecular complexity index is 757. The second-order valence-corrected chi connectivity index (χ2v) is 5.84. The molecule has 0 radical (unpaired) electrons. The Balaban J connectivity index is 1.77. The van der Waals surface area contributed by atoms with Gasteiger partial charge >= 0.3 is 0 Å². The second-order valence-electron chi connectivity index (χ2n) is 5.84. The van der Waals surface area contributed by atoms with Crippen LogP contribution in [0, 0.1) is 6.92 Å². The fourth-order valence-electron chi connectivity index (χ4n) is 2.36. The molecule has 0 atom stereocenters. The summed E-state index contributed by atoms with van der Waals surface area (Å²) in [6.07, 6.45) is 0.213. The summed E-state index contributed by atoms with van der Waals surface area (Å²) in [6.45, 7) is 2.75. The van der Waals surface area contributed by atoms with Gasteiger partial charge in [0, 0.05) is 25.1 Å². The summed E-state index contributed by atoms with van der Waals surface area (Å²) in [6, 6.07) is 12.9. The van der Waals surface area contributed by atoms with Gasteiger partial charge in [0.25, 0.3) is 5.91 Å². The summed E-state index contributed by atoms with van der Waals surface area (Å²) in [5, 5.41) is 5.57. The zero-order chi connectivity index (χ0) is 18.9. The van der Waals surface area contributed by atoms with Crippen molar-refractivity contribution in [2.24, 2.45) is 0 Å². The van der Waals surface area contributed by atoms with Crippen molar-refractivity contribution >= 4 is 11.8 Å². The maximum Gasteiger partial charge on any atom is 0.251 e. The molecular weight excluding hydrogens is 332 g/mol. The van der Waals surface area contributed by atoms with Gasteiger partial charge in [-0.2, -0.15) is 0 Å².